The molecule has 0 saturated carbocycles. The molecule has 0 radical (unpaired) electrons. The second kappa shape index (κ2) is 5.81. The molecule has 3 atom stereocenters. The molecule has 17 heavy (non-hydrogen) atoms. The number of hydrogen-bond donors (Lipinski definition) is 1. The van der Waals surface area contributed by atoms with Crippen LogP contribution in [0.15, 0.2) is 30.3 Å². The van der Waals surface area contributed by atoms with E-state index in [-0.39, 0.29) is 12.0 Å². The molecule has 1 aliphatic heterocycles. The van der Waals surface area contributed by atoms with Crippen molar-refractivity contribution >= 4 is 0 Å². The van der Waals surface area contributed by atoms with Crippen molar-refractivity contribution < 1.29 is 4.74 Å². The molecule has 0 unspecified atom stereocenters. The molecule has 1 N–H and O–H groups in total. The number of benzene rings is 1. The molecule has 1 aromatic rings. The first-order chi connectivity index (χ1) is 8.35. The number of hydrogen-bond acceptors (Lipinski definition) is 3. The van der Waals surface area contributed by atoms with Crippen LogP contribution >= 0.6 is 0 Å². The minimum Gasteiger partial charge on any atom is -0.380 e. The lowest BCUT2D eigenvalue weighted by atomic mass is 9.94. The van der Waals surface area contributed by atoms with Gasteiger partial charge in [-0.25, -0.2) is 0 Å². The van der Waals surface area contributed by atoms with Gasteiger partial charge in [0, 0.05) is 13.2 Å². The Kier molecular flexibility index (Phi) is 4.13. The van der Waals surface area contributed by atoms with E-state index in [1.54, 1.807) is 7.11 Å². The van der Waals surface area contributed by atoms with E-state index in [1.165, 1.54) is 5.56 Å². The molecule has 3 heteroatoms. The Morgan fingerprint density at radius 2 is 2.12 bits per heavy atom. The van der Waals surface area contributed by atoms with Crippen molar-refractivity contribution in [3.63, 3.8) is 0 Å². The molecule has 1 saturated heterocycles. The molecule has 1 fully saturated rings. The summed E-state index contributed by atoms with van der Waals surface area (Å²) in [5.74, 6) is 0.00112. The third kappa shape index (κ3) is 2.85. The molecule has 1 aliphatic rings. The van der Waals surface area contributed by atoms with Crippen LogP contribution < -0.4 is 5.32 Å². The maximum absolute atomic E-state index is 9.12. The van der Waals surface area contributed by atoms with E-state index in [0.717, 1.165) is 19.4 Å². The van der Waals surface area contributed by atoms with Gasteiger partial charge in [-0.15, -0.1) is 0 Å². The van der Waals surface area contributed by atoms with Gasteiger partial charge in [0.15, 0.2) is 0 Å². The molecule has 0 spiro atoms. The Bertz CT molecular complexity index is 385. The maximum atomic E-state index is 9.12. The lowest BCUT2D eigenvalue weighted by Crippen LogP contribution is -2.24. The van der Waals surface area contributed by atoms with Gasteiger partial charge in [0.1, 0.15) is 0 Å². The number of nitrogens with one attached hydrogen (secondary N) is 1. The highest BCUT2D eigenvalue weighted by Crippen LogP contribution is 2.27. The van der Waals surface area contributed by atoms with Crippen LogP contribution in [0.4, 0.5) is 0 Å². The predicted molar refractivity (Wildman–Crippen MR) is 66.3 cm³/mol. The zero-order valence-electron chi connectivity index (χ0n) is 10.1. The molecule has 2 rings (SSSR count). The van der Waals surface area contributed by atoms with Gasteiger partial charge in [-0.05, 0) is 24.9 Å². The average molecular weight is 230 g/mol. The number of rotatable bonds is 2. The van der Waals surface area contributed by atoms with Crippen LogP contribution in [0.2, 0.25) is 0 Å². The summed E-state index contributed by atoms with van der Waals surface area (Å²) in [6.45, 7) is 0.873. The van der Waals surface area contributed by atoms with Gasteiger partial charge >= 0.3 is 0 Å². The van der Waals surface area contributed by atoms with Gasteiger partial charge in [-0.2, -0.15) is 5.26 Å². The Morgan fingerprint density at radius 1 is 1.35 bits per heavy atom. The fraction of sp³-hybridized carbons (Fsp3) is 0.500. The van der Waals surface area contributed by atoms with Gasteiger partial charge in [0.05, 0.1) is 18.1 Å². The number of nitrogens with zero attached hydrogens (tertiary/aromatic N) is 1. The molecule has 1 aromatic carbocycles. The van der Waals surface area contributed by atoms with E-state index < -0.39 is 0 Å². The summed E-state index contributed by atoms with van der Waals surface area (Å²) in [4.78, 5) is 0. The highest BCUT2D eigenvalue weighted by atomic mass is 16.5. The molecule has 0 amide bonds. The van der Waals surface area contributed by atoms with Crippen molar-refractivity contribution in [1.82, 2.24) is 5.32 Å². The summed E-state index contributed by atoms with van der Waals surface area (Å²) in [7, 11) is 1.70. The molecule has 0 bridgehead atoms. The zero-order chi connectivity index (χ0) is 12.1. The first-order valence-corrected chi connectivity index (χ1v) is 6.06. The van der Waals surface area contributed by atoms with Crippen LogP contribution in [0.3, 0.4) is 0 Å². The third-order valence-corrected chi connectivity index (χ3v) is 3.43. The van der Waals surface area contributed by atoms with E-state index >= 15 is 0 Å². The molecule has 1 heterocycles. The Labute approximate surface area is 102 Å². The van der Waals surface area contributed by atoms with Crippen molar-refractivity contribution in [1.29, 1.82) is 5.26 Å². The van der Waals surface area contributed by atoms with E-state index in [9.17, 15) is 0 Å². The van der Waals surface area contributed by atoms with Crippen molar-refractivity contribution in [3.05, 3.63) is 35.9 Å². The summed E-state index contributed by atoms with van der Waals surface area (Å²) >= 11 is 0. The van der Waals surface area contributed by atoms with Gasteiger partial charge in [-0.3, -0.25) is 0 Å². The van der Waals surface area contributed by atoms with E-state index in [1.807, 2.05) is 18.2 Å². The summed E-state index contributed by atoms with van der Waals surface area (Å²) in [5.41, 5.74) is 1.27. The molecular formula is C14H18N2O. The first-order valence-electron chi connectivity index (χ1n) is 6.06. The van der Waals surface area contributed by atoms with Crippen LogP contribution in [-0.4, -0.2) is 19.8 Å². The van der Waals surface area contributed by atoms with Crippen molar-refractivity contribution in [2.75, 3.05) is 13.7 Å². The topological polar surface area (TPSA) is 45.0 Å². The molecule has 0 aromatic heterocycles. The number of ether oxygens (including phenoxy) is 1. The van der Waals surface area contributed by atoms with Gasteiger partial charge in [-0.1, -0.05) is 30.3 Å². The fourth-order valence-corrected chi connectivity index (χ4v) is 2.43. The molecule has 3 nitrogen and oxygen atoms in total. The molecule has 90 valence electrons. The first kappa shape index (κ1) is 12.1. The van der Waals surface area contributed by atoms with Gasteiger partial charge in [0.2, 0.25) is 0 Å². The maximum Gasteiger partial charge on any atom is 0.0748 e. The fourth-order valence-electron chi connectivity index (χ4n) is 2.43. The molecule has 0 aliphatic carbocycles. The standard InChI is InChI=1S/C14H18N2O/c1-17-14-9-13(11-5-3-2-4-6-11)16-8-7-12(14)10-15/h2-6,12-14,16H,7-9H2,1H3/t12-,13-,14-/m0/s1. The summed E-state index contributed by atoms with van der Waals surface area (Å²) in [5, 5.41) is 12.6. The third-order valence-electron chi connectivity index (χ3n) is 3.43. The van der Waals surface area contributed by atoms with Crippen LogP contribution in [0.1, 0.15) is 24.4 Å². The van der Waals surface area contributed by atoms with Crippen LogP contribution in [0, 0.1) is 17.2 Å². The lowest BCUT2D eigenvalue weighted by molar-refractivity contribution is 0.0621. The van der Waals surface area contributed by atoms with Crippen LogP contribution in [0.5, 0.6) is 0 Å². The van der Waals surface area contributed by atoms with Crippen LogP contribution in [-0.2, 0) is 4.74 Å². The van der Waals surface area contributed by atoms with Crippen molar-refractivity contribution in [2.24, 2.45) is 5.92 Å². The van der Waals surface area contributed by atoms with Crippen molar-refractivity contribution in [2.45, 2.75) is 25.0 Å². The number of nitriles is 1. The largest absolute Gasteiger partial charge is 0.380 e. The van der Waals surface area contributed by atoms with Gasteiger partial charge in [0.25, 0.3) is 0 Å². The lowest BCUT2D eigenvalue weighted by Gasteiger charge is -2.21. The average Bonchev–Trinajstić information content (AvgIpc) is 2.61. The summed E-state index contributed by atoms with van der Waals surface area (Å²) in [6, 6.07) is 13.0. The molecular weight excluding hydrogens is 212 g/mol. The minimum absolute atomic E-state index is 0.00112. The smallest absolute Gasteiger partial charge is 0.0748 e. The Hall–Kier alpha value is -1.37. The number of methoxy groups -OCH3 is 1. The second-order valence-electron chi connectivity index (χ2n) is 4.45. The quantitative estimate of drug-likeness (QED) is 0.847. The SMILES string of the molecule is CO[C@H]1C[C@@H](c2ccccc2)NCC[C@H]1C#N. The van der Waals surface area contributed by atoms with E-state index in [2.05, 4.69) is 23.5 Å². The highest BCUT2D eigenvalue weighted by Gasteiger charge is 2.28. The monoisotopic (exact) mass is 230 g/mol. The Balaban J connectivity index is 2.13. The van der Waals surface area contributed by atoms with E-state index in [0.29, 0.717) is 6.04 Å². The predicted octanol–water partition coefficient (Wildman–Crippen LogP) is 2.27. The van der Waals surface area contributed by atoms with E-state index in [4.69, 9.17) is 10.00 Å². The normalized spacial score (nSPS) is 29.3. The van der Waals surface area contributed by atoms with Crippen molar-refractivity contribution in [3.8, 4) is 6.07 Å². The van der Waals surface area contributed by atoms with Crippen LogP contribution in [0.25, 0.3) is 0 Å². The Morgan fingerprint density at radius 3 is 2.76 bits per heavy atom. The minimum atomic E-state index is 0.00112. The second-order valence-corrected chi connectivity index (χ2v) is 4.45. The zero-order valence-corrected chi connectivity index (χ0v) is 10.1. The summed E-state index contributed by atoms with van der Waals surface area (Å²) in [6.07, 6.45) is 1.75. The summed E-state index contributed by atoms with van der Waals surface area (Å²) < 4.78 is 5.46. The van der Waals surface area contributed by atoms with Gasteiger partial charge < -0.3 is 10.1 Å². The highest BCUT2D eigenvalue weighted by molar-refractivity contribution is 5.19.